The number of benzene rings is 1. The van der Waals surface area contributed by atoms with Crippen LogP contribution < -0.4 is 10.1 Å². The SMILES string of the molecule is COc1cccc(C(O)CNCCc2cccs2)c1. The Morgan fingerprint density at radius 2 is 2.21 bits per heavy atom. The van der Waals surface area contributed by atoms with E-state index in [-0.39, 0.29) is 0 Å². The van der Waals surface area contributed by atoms with Gasteiger partial charge in [0.1, 0.15) is 5.75 Å². The van der Waals surface area contributed by atoms with Crippen molar-refractivity contribution >= 4 is 11.3 Å². The Balaban J connectivity index is 1.75. The van der Waals surface area contributed by atoms with E-state index in [1.54, 1.807) is 18.4 Å². The first-order valence-electron chi connectivity index (χ1n) is 6.34. The van der Waals surface area contributed by atoms with Gasteiger partial charge >= 0.3 is 0 Å². The second-order valence-electron chi connectivity index (χ2n) is 4.33. The number of methoxy groups -OCH3 is 1. The van der Waals surface area contributed by atoms with E-state index in [0.29, 0.717) is 6.54 Å². The molecule has 2 N–H and O–H groups in total. The Morgan fingerprint density at radius 3 is 2.95 bits per heavy atom. The Hall–Kier alpha value is -1.36. The molecule has 0 aliphatic rings. The summed E-state index contributed by atoms with van der Waals surface area (Å²) in [7, 11) is 1.63. The fourth-order valence-corrected chi connectivity index (χ4v) is 2.58. The van der Waals surface area contributed by atoms with Crippen LogP contribution in [0.5, 0.6) is 5.75 Å². The van der Waals surface area contributed by atoms with Gasteiger partial charge in [-0.15, -0.1) is 11.3 Å². The van der Waals surface area contributed by atoms with Gasteiger partial charge in [0.2, 0.25) is 0 Å². The third kappa shape index (κ3) is 4.35. The highest BCUT2D eigenvalue weighted by Crippen LogP contribution is 2.18. The lowest BCUT2D eigenvalue weighted by Gasteiger charge is -2.13. The maximum absolute atomic E-state index is 10.1. The van der Waals surface area contributed by atoms with Gasteiger partial charge in [0, 0.05) is 18.0 Å². The largest absolute Gasteiger partial charge is 0.497 e. The first-order chi connectivity index (χ1) is 9.29. The molecule has 2 rings (SSSR count). The van der Waals surface area contributed by atoms with Crippen molar-refractivity contribution in [3.05, 3.63) is 52.2 Å². The zero-order chi connectivity index (χ0) is 13.5. The maximum Gasteiger partial charge on any atom is 0.119 e. The van der Waals surface area contributed by atoms with Crippen molar-refractivity contribution in [3.8, 4) is 5.75 Å². The number of hydrogen-bond acceptors (Lipinski definition) is 4. The van der Waals surface area contributed by atoms with E-state index in [9.17, 15) is 5.11 Å². The van der Waals surface area contributed by atoms with E-state index in [1.807, 2.05) is 24.3 Å². The van der Waals surface area contributed by atoms with Gasteiger partial charge < -0.3 is 15.2 Å². The van der Waals surface area contributed by atoms with Crippen molar-refractivity contribution < 1.29 is 9.84 Å². The van der Waals surface area contributed by atoms with Gasteiger partial charge in [-0.05, 0) is 35.6 Å². The molecule has 19 heavy (non-hydrogen) atoms. The van der Waals surface area contributed by atoms with Crippen LogP contribution in [0, 0.1) is 0 Å². The van der Waals surface area contributed by atoms with Crippen LogP contribution in [0.4, 0.5) is 0 Å². The van der Waals surface area contributed by atoms with Crippen molar-refractivity contribution in [3.63, 3.8) is 0 Å². The summed E-state index contributed by atoms with van der Waals surface area (Å²) in [5.74, 6) is 0.773. The molecule has 4 heteroatoms. The van der Waals surface area contributed by atoms with E-state index in [0.717, 1.165) is 24.3 Å². The minimum atomic E-state index is -0.501. The van der Waals surface area contributed by atoms with Crippen LogP contribution in [-0.4, -0.2) is 25.3 Å². The fraction of sp³-hybridized carbons (Fsp3) is 0.333. The van der Waals surface area contributed by atoms with Gasteiger partial charge in [0.25, 0.3) is 0 Å². The molecule has 0 amide bonds. The lowest BCUT2D eigenvalue weighted by Crippen LogP contribution is -2.23. The molecule has 0 saturated carbocycles. The molecule has 1 heterocycles. The average molecular weight is 277 g/mol. The molecule has 1 aromatic carbocycles. The van der Waals surface area contributed by atoms with Crippen LogP contribution in [0.15, 0.2) is 41.8 Å². The normalized spacial score (nSPS) is 12.3. The smallest absolute Gasteiger partial charge is 0.119 e. The third-order valence-electron chi connectivity index (χ3n) is 2.94. The predicted molar refractivity (Wildman–Crippen MR) is 78.8 cm³/mol. The van der Waals surface area contributed by atoms with E-state index in [2.05, 4.69) is 22.8 Å². The van der Waals surface area contributed by atoms with E-state index < -0.39 is 6.10 Å². The van der Waals surface area contributed by atoms with Crippen molar-refractivity contribution in [1.82, 2.24) is 5.32 Å². The van der Waals surface area contributed by atoms with Crippen LogP contribution in [-0.2, 0) is 6.42 Å². The standard InChI is InChI=1S/C15H19NO2S/c1-18-13-5-2-4-12(10-13)15(17)11-16-8-7-14-6-3-9-19-14/h2-6,9-10,15-17H,7-8,11H2,1H3. The fourth-order valence-electron chi connectivity index (χ4n) is 1.87. The molecular weight excluding hydrogens is 258 g/mol. The van der Waals surface area contributed by atoms with Crippen LogP contribution >= 0.6 is 11.3 Å². The summed E-state index contributed by atoms with van der Waals surface area (Å²) in [5.41, 5.74) is 0.878. The maximum atomic E-state index is 10.1. The van der Waals surface area contributed by atoms with E-state index in [1.165, 1.54) is 4.88 Å². The van der Waals surface area contributed by atoms with Crippen LogP contribution in [0.2, 0.25) is 0 Å². The van der Waals surface area contributed by atoms with Gasteiger partial charge in [0.15, 0.2) is 0 Å². The van der Waals surface area contributed by atoms with Gasteiger partial charge in [-0.3, -0.25) is 0 Å². The third-order valence-corrected chi connectivity index (χ3v) is 3.88. The lowest BCUT2D eigenvalue weighted by atomic mass is 10.1. The molecule has 0 fully saturated rings. The topological polar surface area (TPSA) is 41.5 Å². The zero-order valence-corrected chi connectivity index (χ0v) is 11.8. The summed E-state index contributed by atoms with van der Waals surface area (Å²) in [5, 5.41) is 15.4. The van der Waals surface area contributed by atoms with Gasteiger partial charge in [0.05, 0.1) is 13.2 Å². The highest BCUT2D eigenvalue weighted by Gasteiger charge is 2.07. The molecule has 3 nitrogen and oxygen atoms in total. The van der Waals surface area contributed by atoms with E-state index in [4.69, 9.17) is 4.74 Å². The van der Waals surface area contributed by atoms with Gasteiger partial charge in [-0.1, -0.05) is 18.2 Å². The molecular formula is C15H19NO2S. The molecule has 102 valence electrons. The number of ether oxygens (including phenoxy) is 1. The molecule has 2 aromatic rings. The van der Waals surface area contributed by atoms with Crippen molar-refractivity contribution in [2.45, 2.75) is 12.5 Å². The number of rotatable bonds is 7. The minimum absolute atomic E-state index is 0.501. The van der Waals surface area contributed by atoms with Gasteiger partial charge in [-0.25, -0.2) is 0 Å². The molecule has 0 bridgehead atoms. The molecule has 0 spiro atoms. The van der Waals surface area contributed by atoms with Crippen molar-refractivity contribution in [1.29, 1.82) is 0 Å². The van der Waals surface area contributed by atoms with Crippen molar-refractivity contribution in [2.75, 3.05) is 20.2 Å². The number of thiophene rings is 1. The van der Waals surface area contributed by atoms with Crippen LogP contribution in [0.25, 0.3) is 0 Å². The quantitative estimate of drug-likeness (QED) is 0.764. The second kappa shape index (κ2) is 7.28. The highest BCUT2D eigenvalue weighted by molar-refractivity contribution is 7.09. The Bertz CT molecular complexity index is 485. The molecule has 0 aliphatic carbocycles. The summed E-state index contributed by atoms with van der Waals surface area (Å²) in [6.45, 7) is 1.43. The Kier molecular flexibility index (Phi) is 5.39. The summed E-state index contributed by atoms with van der Waals surface area (Å²) in [4.78, 5) is 1.36. The molecule has 0 radical (unpaired) electrons. The molecule has 1 aromatic heterocycles. The number of aliphatic hydroxyl groups is 1. The van der Waals surface area contributed by atoms with Crippen LogP contribution in [0.1, 0.15) is 16.5 Å². The van der Waals surface area contributed by atoms with E-state index >= 15 is 0 Å². The monoisotopic (exact) mass is 277 g/mol. The highest BCUT2D eigenvalue weighted by atomic mass is 32.1. The molecule has 0 aliphatic heterocycles. The Labute approximate surface area is 117 Å². The Morgan fingerprint density at radius 1 is 1.32 bits per heavy atom. The summed E-state index contributed by atoms with van der Waals surface area (Å²) >= 11 is 1.76. The summed E-state index contributed by atoms with van der Waals surface area (Å²) in [6, 6.07) is 11.7. The minimum Gasteiger partial charge on any atom is -0.497 e. The first kappa shape index (κ1) is 14.1. The molecule has 1 atom stereocenters. The average Bonchev–Trinajstić information content (AvgIpc) is 2.96. The summed E-state index contributed by atoms with van der Waals surface area (Å²) < 4.78 is 5.15. The van der Waals surface area contributed by atoms with Crippen LogP contribution in [0.3, 0.4) is 0 Å². The summed E-state index contributed by atoms with van der Waals surface area (Å²) in [6.07, 6.45) is 0.501. The number of nitrogens with one attached hydrogen (secondary N) is 1. The first-order valence-corrected chi connectivity index (χ1v) is 7.22. The van der Waals surface area contributed by atoms with Crippen molar-refractivity contribution in [2.24, 2.45) is 0 Å². The lowest BCUT2D eigenvalue weighted by molar-refractivity contribution is 0.175. The second-order valence-corrected chi connectivity index (χ2v) is 5.36. The predicted octanol–water partition coefficient (Wildman–Crippen LogP) is 2.62. The molecule has 0 saturated heterocycles. The number of aliphatic hydroxyl groups excluding tert-OH is 1. The zero-order valence-electron chi connectivity index (χ0n) is 11.0. The molecule has 1 unspecified atom stereocenters. The van der Waals surface area contributed by atoms with Gasteiger partial charge in [-0.2, -0.15) is 0 Å². The number of hydrogen-bond donors (Lipinski definition) is 2.